The van der Waals surface area contributed by atoms with Crippen LogP contribution in [0.25, 0.3) is 10.2 Å². The Bertz CT molecular complexity index is 696. The molecule has 2 aromatic rings. The summed E-state index contributed by atoms with van der Waals surface area (Å²) >= 11 is 1.40. The Morgan fingerprint density at radius 3 is 2.90 bits per heavy atom. The maximum atomic E-state index is 12.8. The summed E-state index contributed by atoms with van der Waals surface area (Å²) in [6.45, 7) is 6.57. The zero-order chi connectivity index (χ0) is 15.1. The fourth-order valence-electron chi connectivity index (χ4n) is 2.82. The predicted octanol–water partition coefficient (Wildman–Crippen LogP) is 1.96. The smallest absolute Gasteiger partial charge is 0.266 e. The van der Waals surface area contributed by atoms with E-state index in [2.05, 4.69) is 23.9 Å². The van der Waals surface area contributed by atoms with Crippen LogP contribution < -0.4 is 5.73 Å². The molecular weight excluding hydrogens is 284 g/mol. The van der Waals surface area contributed by atoms with Crippen molar-refractivity contribution in [1.82, 2.24) is 14.8 Å². The largest absolute Gasteiger partial charge is 0.397 e. The number of carbonyl (C=O) groups excluding carboxylic acids is 1. The van der Waals surface area contributed by atoms with Gasteiger partial charge in [-0.15, -0.1) is 11.3 Å². The average molecular weight is 304 g/mol. The lowest BCUT2D eigenvalue weighted by molar-refractivity contribution is 0.0539. The molecule has 2 aromatic heterocycles. The molecule has 1 atom stereocenters. The lowest BCUT2D eigenvalue weighted by atomic mass is 10.1. The molecule has 1 fully saturated rings. The van der Waals surface area contributed by atoms with E-state index in [1.807, 2.05) is 24.0 Å². The van der Waals surface area contributed by atoms with Gasteiger partial charge in [0.15, 0.2) is 0 Å². The number of hydrogen-bond donors (Lipinski definition) is 1. The molecule has 3 heterocycles. The monoisotopic (exact) mass is 304 g/mol. The highest BCUT2D eigenvalue weighted by atomic mass is 32.1. The Morgan fingerprint density at radius 1 is 1.43 bits per heavy atom. The van der Waals surface area contributed by atoms with Crippen LogP contribution in [-0.2, 0) is 0 Å². The van der Waals surface area contributed by atoms with E-state index < -0.39 is 0 Å². The van der Waals surface area contributed by atoms with Crippen molar-refractivity contribution in [3.05, 3.63) is 22.7 Å². The minimum absolute atomic E-state index is 0.0359. The first kappa shape index (κ1) is 14.3. The van der Waals surface area contributed by atoms with Gasteiger partial charge in [0.2, 0.25) is 0 Å². The molecule has 21 heavy (non-hydrogen) atoms. The normalized spacial score (nSPS) is 20.1. The predicted molar refractivity (Wildman–Crippen MR) is 86.8 cm³/mol. The van der Waals surface area contributed by atoms with Crippen LogP contribution in [0.5, 0.6) is 0 Å². The third kappa shape index (κ3) is 2.49. The number of likely N-dealkylation sites (N-methyl/N-ethyl adjacent to an activating group) is 1. The van der Waals surface area contributed by atoms with Crippen LogP contribution >= 0.6 is 11.3 Å². The van der Waals surface area contributed by atoms with Crippen molar-refractivity contribution in [2.45, 2.75) is 19.9 Å². The second-order valence-corrected chi connectivity index (χ2v) is 6.76. The van der Waals surface area contributed by atoms with Crippen LogP contribution in [0.15, 0.2) is 12.1 Å². The number of nitrogens with zero attached hydrogens (tertiary/aromatic N) is 3. The van der Waals surface area contributed by atoms with Gasteiger partial charge in [0, 0.05) is 36.8 Å². The fraction of sp³-hybridized carbons (Fsp3) is 0.467. The van der Waals surface area contributed by atoms with Gasteiger partial charge in [-0.2, -0.15) is 0 Å². The van der Waals surface area contributed by atoms with E-state index in [-0.39, 0.29) is 11.9 Å². The Hall–Kier alpha value is -1.66. The molecule has 1 saturated heterocycles. The van der Waals surface area contributed by atoms with E-state index in [9.17, 15) is 4.79 Å². The number of pyridine rings is 1. The number of piperazine rings is 1. The third-order valence-electron chi connectivity index (χ3n) is 4.02. The van der Waals surface area contributed by atoms with Crippen molar-refractivity contribution in [2.24, 2.45) is 0 Å². The number of nitrogen functional groups attached to an aromatic ring is 1. The topological polar surface area (TPSA) is 62.5 Å². The highest BCUT2D eigenvalue weighted by Crippen LogP contribution is 2.34. The molecule has 2 N–H and O–H groups in total. The maximum absolute atomic E-state index is 12.8. The van der Waals surface area contributed by atoms with Crippen LogP contribution in [0, 0.1) is 6.92 Å². The quantitative estimate of drug-likeness (QED) is 0.875. The lowest BCUT2D eigenvalue weighted by Gasteiger charge is -2.38. The maximum Gasteiger partial charge on any atom is 0.266 e. The van der Waals surface area contributed by atoms with Crippen molar-refractivity contribution in [2.75, 3.05) is 32.4 Å². The van der Waals surface area contributed by atoms with E-state index in [1.165, 1.54) is 11.3 Å². The first-order chi connectivity index (χ1) is 9.97. The second kappa shape index (κ2) is 5.27. The summed E-state index contributed by atoms with van der Waals surface area (Å²) in [6.07, 6.45) is 0. The molecule has 0 saturated carbocycles. The standard InChI is InChI=1S/C15H20N4OS/c1-9-4-5-11-12(16)13(21-14(11)17-9)15(20)19-7-6-18(3)8-10(19)2/h4-5,10H,6-8,16H2,1-3H3. The van der Waals surface area contributed by atoms with E-state index in [4.69, 9.17) is 5.73 Å². The molecular formula is C15H20N4OS. The number of thiophene rings is 1. The number of aromatic nitrogens is 1. The van der Waals surface area contributed by atoms with Crippen molar-refractivity contribution in [3.63, 3.8) is 0 Å². The van der Waals surface area contributed by atoms with Gasteiger partial charge in [-0.25, -0.2) is 4.98 Å². The lowest BCUT2D eigenvalue weighted by Crippen LogP contribution is -2.52. The van der Waals surface area contributed by atoms with E-state index in [0.717, 1.165) is 35.5 Å². The van der Waals surface area contributed by atoms with Gasteiger partial charge in [-0.05, 0) is 33.0 Å². The van der Waals surface area contributed by atoms with E-state index >= 15 is 0 Å². The van der Waals surface area contributed by atoms with Gasteiger partial charge in [0.05, 0.1) is 5.69 Å². The average Bonchev–Trinajstić information content (AvgIpc) is 2.75. The molecule has 0 radical (unpaired) electrons. The van der Waals surface area contributed by atoms with Gasteiger partial charge in [0.25, 0.3) is 5.91 Å². The van der Waals surface area contributed by atoms with Crippen molar-refractivity contribution in [1.29, 1.82) is 0 Å². The van der Waals surface area contributed by atoms with Gasteiger partial charge >= 0.3 is 0 Å². The molecule has 1 aliphatic heterocycles. The van der Waals surface area contributed by atoms with E-state index in [0.29, 0.717) is 10.6 Å². The highest BCUT2D eigenvalue weighted by molar-refractivity contribution is 7.21. The molecule has 0 bridgehead atoms. The molecule has 0 spiro atoms. The number of hydrogen-bond acceptors (Lipinski definition) is 5. The fourth-order valence-corrected chi connectivity index (χ4v) is 3.92. The summed E-state index contributed by atoms with van der Waals surface area (Å²) in [7, 11) is 2.08. The number of rotatable bonds is 1. The molecule has 1 aliphatic rings. The molecule has 0 aliphatic carbocycles. The molecule has 1 unspecified atom stereocenters. The van der Waals surface area contributed by atoms with Crippen LogP contribution in [0.3, 0.4) is 0 Å². The summed E-state index contributed by atoms with van der Waals surface area (Å²) in [5.74, 6) is 0.0359. The number of nitrogens with two attached hydrogens (primary N) is 1. The van der Waals surface area contributed by atoms with Gasteiger partial charge in [0.1, 0.15) is 9.71 Å². The number of fused-ring (bicyclic) bond motifs is 1. The summed E-state index contributed by atoms with van der Waals surface area (Å²) in [4.78, 5) is 22.9. The van der Waals surface area contributed by atoms with Crippen molar-refractivity contribution in [3.8, 4) is 0 Å². The minimum atomic E-state index is 0.0359. The zero-order valence-electron chi connectivity index (χ0n) is 12.6. The Morgan fingerprint density at radius 2 is 2.19 bits per heavy atom. The van der Waals surface area contributed by atoms with Crippen LogP contribution in [0.2, 0.25) is 0 Å². The second-order valence-electron chi connectivity index (χ2n) is 5.76. The van der Waals surface area contributed by atoms with Crippen LogP contribution in [-0.4, -0.2) is 53.4 Å². The molecule has 6 heteroatoms. The first-order valence-electron chi connectivity index (χ1n) is 7.12. The number of carbonyl (C=O) groups is 1. The SMILES string of the molecule is Cc1ccc2c(N)c(C(=O)N3CCN(C)CC3C)sc2n1. The Balaban J connectivity index is 1.96. The molecule has 112 valence electrons. The summed E-state index contributed by atoms with van der Waals surface area (Å²) in [5, 5.41) is 0.885. The Labute approximate surface area is 128 Å². The third-order valence-corrected chi connectivity index (χ3v) is 5.12. The van der Waals surface area contributed by atoms with Gasteiger partial charge in [-0.3, -0.25) is 4.79 Å². The van der Waals surface area contributed by atoms with Crippen LogP contribution in [0.4, 0.5) is 5.69 Å². The summed E-state index contributed by atoms with van der Waals surface area (Å²) in [5.41, 5.74) is 7.69. The van der Waals surface area contributed by atoms with Crippen molar-refractivity contribution >= 4 is 33.1 Å². The van der Waals surface area contributed by atoms with Crippen LogP contribution in [0.1, 0.15) is 22.3 Å². The Kier molecular flexibility index (Phi) is 3.59. The molecule has 5 nitrogen and oxygen atoms in total. The summed E-state index contributed by atoms with van der Waals surface area (Å²) in [6, 6.07) is 4.09. The number of anilines is 1. The highest BCUT2D eigenvalue weighted by Gasteiger charge is 2.29. The molecule has 0 aromatic carbocycles. The molecule has 1 amide bonds. The minimum Gasteiger partial charge on any atom is -0.397 e. The zero-order valence-corrected chi connectivity index (χ0v) is 13.4. The molecule has 3 rings (SSSR count). The number of amides is 1. The van der Waals surface area contributed by atoms with Gasteiger partial charge in [-0.1, -0.05) is 0 Å². The number of aryl methyl sites for hydroxylation is 1. The van der Waals surface area contributed by atoms with E-state index in [1.54, 1.807) is 0 Å². The summed E-state index contributed by atoms with van der Waals surface area (Å²) < 4.78 is 0. The first-order valence-corrected chi connectivity index (χ1v) is 7.94. The van der Waals surface area contributed by atoms with Crippen molar-refractivity contribution < 1.29 is 4.79 Å². The van der Waals surface area contributed by atoms with Gasteiger partial charge < -0.3 is 15.5 Å².